The fraction of sp³-hybridized carbons (Fsp3) is 0.667. The second-order valence-corrected chi connectivity index (χ2v) is 5.39. The quantitative estimate of drug-likeness (QED) is 0.691. The summed E-state index contributed by atoms with van der Waals surface area (Å²) in [5.74, 6) is 2.43. The van der Waals surface area contributed by atoms with Crippen molar-refractivity contribution in [2.24, 2.45) is 5.92 Å². The molecular formula is C15H26N2O. The minimum atomic E-state index is 0.720. The predicted molar refractivity (Wildman–Crippen MR) is 75.5 cm³/mol. The molecule has 18 heavy (non-hydrogen) atoms. The van der Waals surface area contributed by atoms with Crippen molar-refractivity contribution in [2.45, 2.75) is 47.1 Å². The molecule has 0 spiro atoms. The van der Waals surface area contributed by atoms with Gasteiger partial charge in [0.25, 0.3) is 0 Å². The number of rotatable bonds is 7. The van der Waals surface area contributed by atoms with Gasteiger partial charge in [-0.05, 0) is 33.2 Å². The van der Waals surface area contributed by atoms with Crippen LogP contribution in [-0.2, 0) is 6.54 Å². The van der Waals surface area contributed by atoms with Gasteiger partial charge in [0.05, 0.1) is 12.2 Å². The molecule has 1 aromatic rings. The SMILES string of the molecule is C=C(CC(C)CC)CN(C)Cc1nc(C)c(C)o1. The Kier molecular flexibility index (Phi) is 5.60. The molecule has 0 saturated carbocycles. The summed E-state index contributed by atoms with van der Waals surface area (Å²) in [6, 6.07) is 0. The van der Waals surface area contributed by atoms with Crippen molar-refractivity contribution < 1.29 is 4.42 Å². The minimum absolute atomic E-state index is 0.720. The average Bonchev–Trinajstić information content (AvgIpc) is 2.56. The van der Waals surface area contributed by atoms with Crippen LogP contribution in [0, 0.1) is 19.8 Å². The molecule has 1 atom stereocenters. The van der Waals surface area contributed by atoms with Gasteiger partial charge in [0, 0.05) is 6.54 Å². The molecule has 0 aliphatic carbocycles. The Balaban J connectivity index is 2.41. The van der Waals surface area contributed by atoms with E-state index >= 15 is 0 Å². The van der Waals surface area contributed by atoms with E-state index in [1.54, 1.807) is 0 Å². The van der Waals surface area contributed by atoms with Gasteiger partial charge in [-0.25, -0.2) is 4.98 Å². The molecule has 1 aromatic heterocycles. The molecule has 0 fully saturated rings. The summed E-state index contributed by atoms with van der Waals surface area (Å²) in [6.45, 7) is 14.2. The average molecular weight is 250 g/mol. The van der Waals surface area contributed by atoms with Gasteiger partial charge in [0.2, 0.25) is 5.89 Å². The summed E-state index contributed by atoms with van der Waals surface area (Å²) in [7, 11) is 2.08. The lowest BCUT2D eigenvalue weighted by Crippen LogP contribution is -2.21. The van der Waals surface area contributed by atoms with E-state index in [1.165, 1.54) is 12.0 Å². The Bertz CT molecular complexity index is 376. The van der Waals surface area contributed by atoms with Crippen molar-refractivity contribution in [1.29, 1.82) is 0 Å². The Morgan fingerprint density at radius 3 is 2.61 bits per heavy atom. The zero-order valence-electron chi connectivity index (χ0n) is 12.4. The normalized spacial score (nSPS) is 13.0. The van der Waals surface area contributed by atoms with Crippen LogP contribution in [-0.4, -0.2) is 23.5 Å². The highest BCUT2D eigenvalue weighted by molar-refractivity contribution is 5.05. The van der Waals surface area contributed by atoms with Crippen molar-refractivity contribution in [1.82, 2.24) is 9.88 Å². The van der Waals surface area contributed by atoms with E-state index in [1.807, 2.05) is 13.8 Å². The van der Waals surface area contributed by atoms with Crippen molar-refractivity contribution in [3.63, 3.8) is 0 Å². The van der Waals surface area contributed by atoms with Crippen LogP contribution in [0.4, 0.5) is 0 Å². The summed E-state index contributed by atoms with van der Waals surface area (Å²) in [5, 5.41) is 0. The van der Waals surface area contributed by atoms with Gasteiger partial charge in [-0.2, -0.15) is 0 Å². The Hall–Kier alpha value is -1.09. The highest BCUT2D eigenvalue weighted by atomic mass is 16.4. The maximum atomic E-state index is 5.59. The molecule has 102 valence electrons. The van der Waals surface area contributed by atoms with E-state index in [4.69, 9.17) is 4.42 Å². The van der Waals surface area contributed by atoms with Gasteiger partial charge < -0.3 is 4.42 Å². The second-order valence-electron chi connectivity index (χ2n) is 5.39. The second kappa shape index (κ2) is 6.74. The molecule has 1 unspecified atom stereocenters. The Labute approximate surface area is 111 Å². The van der Waals surface area contributed by atoms with Gasteiger partial charge in [0.1, 0.15) is 5.76 Å². The molecule has 0 aromatic carbocycles. The van der Waals surface area contributed by atoms with Crippen molar-refractivity contribution in [3.05, 3.63) is 29.5 Å². The van der Waals surface area contributed by atoms with Gasteiger partial charge in [-0.15, -0.1) is 0 Å². The van der Waals surface area contributed by atoms with Crippen molar-refractivity contribution in [2.75, 3.05) is 13.6 Å². The lowest BCUT2D eigenvalue weighted by Gasteiger charge is -2.18. The lowest BCUT2D eigenvalue weighted by atomic mass is 10.00. The number of aromatic nitrogens is 1. The zero-order chi connectivity index (χ0) is 13.7. The number of aryl methyl sites for hydroxylation is 2. The Morgan fingerprint density at radius 2 is 2.11 bits per heavy atom. The van der Waals surface area contributed by atoms with E-state index in [-0.39, 0.29) is 0 Å². The fourth-order valence-corrected chi connectivity index (χ4v) is 1.98. The first kappa shape index (κ1) is 15.0. The number of hydrogen-bond donors (Lipinski definition) is 0. The summed E-state index contributed by atoms with van der Waals surface area (Å²) in [6.07, 6.45) is 2.31. The van der Waals surface area contributed by atoms with Crippen LogP contribution in [0.3, 0.4) is 0 Å². The molecule has 0 aliphatic heterocycles. The molecule has 1 rings (SSSR count). The van der Waals surface area contributed by atoms with Crippen LogP contribution < -0.4 is 0 Å². The predicted octanol–water partition coefficient (Wildman–Crippen LogP) is 3.72. The molecule has 3 heteroatoms. The standard InChI is InChI=1S/C15H26N2O/c1-7-11(2)8-12(3)9-17(6)10-15-16-13(4)14(5)18-15/h11H,3,7-10H2,1-2,4-6H3. The van der Waals surface area contributed by atoms with Gasteiger partial charge in [0.15, 0.2) is 0 Å². The number of hydrogen-bond acceptors (Lipinski definition) is 3. The van der Waals surface area contributed by atoms with E-state index in [2.05, 4.69) is 37.4 Å². The van der Waals surface area contributed by atoms with Crippen LogP contribution in [0.5, 0.6) is 0 Å². The van der Waals surface area contributed by atoms with E-state index < -0.39 is 0 Å². The third-order valence-electron chi connectivity index (χ3n) is 3.31. The van der Waals surface area contributed by atoms with Crippen LogP contribution >= 0.6 is 0 Å². The maximum Gasteiger partial charge on any atom is 0.208 e. The van der Waals surface area contributed by atoms with Crippen molar-refractivity contribution in [3.8, 4) is 0 Å². The molecule has 0 bridgehead atoms. The van der Waals surface area contributed by atoms with E-state index in [9.17, 15) is 0 Å². The molecule has 0 N–H and O–H groups in total. The molecule has 0 amide bonds. The monoisotopic (exact) mass is 250 g/mol. The number of oxazole rings is 1. The number of likely N-dealkylation sites (N-methyl/N-ethyl adjacent to an activating group) is 1. The summed E-state index contributed by atoms with van der Waals surface area (Å²) in [5.41, 5.74) is 2.27. The van der Waals surface area contributed by atoms with Gasteiger partial charge in [-0.3, -0.25) is 4.90 Å². The van der Waals surface area contributed by atoms with Crippen molar-refractivity contribution >= 4 is 0 Å². The third kappa shape index (κ3) is 4.65. The van der Waals surface area contributed by atoms with Crippen LogP contribution in [0.25, 0.3) is 0 Å². The highest BCUT2D eigenvalue weighted by Gasteiger charge is 2.10. The molecular weight excluding hydrogens is 224 g/mol. The maximum absolute atomic E-state index is 5.59. The fourth-order valence-electron chi connectivity index (χ4n) is 1.98. The van der Waals surface area contributed by atoms with Crippen LogP contribution in [0.1, 0.15) is 44.0 Å². The minimum Gasteiger partial charge on any atom is -0.444 e. The molecule has 0 aliphatic rings. The van der Waals surface area contributed by atoms with Crippen LogP contribution in [0.15, 0.2) is 16.6 Å². The summed E-state index contributed by atoms with van der Waals surface area (Å²) >= 11 is 0. The van der Waals surface area contributed by atoms with Crippen LogP contribution in [0.2, 0.25) is 0 Å². The van der Waals surface area contributed by atoms with E-state index in [0.717, 1.165) is 42.8 Å². The largest absolute Gasteiger partial charge is 0.444 e. The molecule has 3 nitrogen and oxygen atoms in total. The molecule has 0 saturated heterocycles. The smallest absolute Gasteiger partial charge is 0.208 e. The Morgan fingerprint density at radius 1 is 1.44 bits per heavy atom. The van der Waals surface area contributed by atoms with Gasteiger partial charge >= 0.3 is 0 Å². The summed E-state index contributed by atoms with van der Waals surface area (Å²) < 4.78 is 5.59. The lowest BCUT2D eigenvalue weighted by molar-refractivity contribution is 0.300. The highest BCUT2D eigenvalue weighted by Crippen LogP contribution is 2.15. The molecule has 0 radical (unpaired) electrons. The third-order valence-corrected chi connectivity index (χ3v) is 3.31. The first-order valence-corrected chi connectivity index (χ1v) is 6.70. The van der Waals surface area contributed by atoms with Gasteiger partial charge in [-0.1, -0.05) is 32.4 Å². The molecule has 1 heterocycles. The topological polar surface area (TPSA) is 29.3 Å². The van der Waals surface area contributed by atoms with E-state index in [0.29, 0.717) is 0 Å². The number of nitrogens with zero attached hydrogens (tertiary/aromatic N) is 2. The zero-order valence-corrected chi connectivity index (χ0v) is 12.4. The first-order chi connectivity index (χ1) is 8.42. The summed E-state index contributed by atoms with van der Waals surface area (Å²) in [4.78, 5) is 6.60. The first-order valence-electron chi connectivity index (χ1n) is 6.70.